The van der Waals surface area contributed by atoms with Gasteiger partial charge in [0.1, 0.15) is 0 Å². The third kappa shape index (κ3) is 6.00. The van der Waals surface area contributed by atoms with Crippen molar-refractivity contribution < 1.29 is 47.5 Å². The van der Waals surface area contributed by atoms with Gasteiger partial charge in [0, 0.05) is 17.4 Å². The molecule has 0 unspecified atom stereocenters. The van der Waals surface area contributed by atoms with Crippen LogP contribution in [-0.2, 0) is 19.4 Å². The number of hydrogen-bond acceptors (Lipinski definition) is 4. The van der Waals surface area contributed by atoms with Crippen LogP contribution < -0.4 is 47.5 Å². The van der Waals surface area contributed by atoms with Crippen LogP contribution in [0.25, 0.3) is 22.0 Å². The normalized spacial score (nSPS) is 13.1. The minimum atomic E-state index is 0. The molecule has 0 fully saturated rings. The van der Waals surface area contributed by atoms with Gasteiger partial charge in [-0.15, -0.1) is 0 Å². The Morgan fingerprint density at radius 1 is 0.816 bits per heavy atom. The second-order valence-corrected chi connectivity index (χ2v) is 10.5. The first-order valence-electron chi connectivity index (χ1n) is 14.3. The highest BCUT2D eigenvalue weighted by Crippen LogP contribution is 2.44. The zero-order valence-electron chi connectivity index (χ0n) is 23.2. The molecule has 1 aromatic heterocycles. The van der Waals surface area contributed by atoms with Gasteiger partial charge >= 0.3 is 0 Å². The van der Waals surface area contributed by atoms with E-state index in [1.807, 2.05) is 6.07 Å². The van der Waals surface area contributed by atoms with Gasteiger partial charge in [-0.3, -0.25) is 0 Å². The fraction of sp³-hybridized carbons (Fsp3) is 0.531. The summed E-state index contributed by atoms with van der Waals surface area (Å²) >= 11 is 0. The SMILES string of the molecule is CCCCCCCCCCCCc1c2[n+](cc3c(OC)c(OC)ccc13)CCc1cc3c(cc1-2)OCO3.[I-]. The molecule has 3 heterocycles. The molecule has 0 radical (unpaired) electrons. The largest absolute Gasteiger partial charge is 1.00 e. The van der Waals surface area contributed by atoms with Crippen molar-refractivity contribution in [2.24, 2.45) is 0 Å². The molecule has 5 nitrogen and oxygen atoms in total. The number of halogens is 1. The molecule has 2 aliphatic rings. The molecule has 0 saturated heterocycles. The molecule has 6 heteroatoms. The van der Waals surface area contributed by atoms with Crippen molar-refractivity contribution in [1.82, 2.24) is 0 Å². The highest BCUT2D eigenvalue weighted by molar-refractivity contribution is 5.95. The molecule has 0 saturated carbocycles. The van der Waals surface area contributed by atoms with E-state index in [1.165, 1.54) is 92.0 Å². The van der Waals surface area contributed by atoms with E-state index in [4.69, 9.17) is 18.9 Å². The third-order valence-corrected chi connectivity index (χ3v) is 8.02. The van der Waals surface area contributed by atoms with Crippen LogP contribution in [0, 0.1) is 0 Å². The van der Waals surface area contributed by atoms with Gasteiger partial charge in [0.15, 0.2) is 35.7 Å². The Morgan fingerprint density at radius 2 is 1.50 bits per heavy atom. The Bertz CT molecular complexity index is 1240. The third-order valence-electron chi connectivity index (χ3n) is 8.02. The van der Waals surface area contributed by atoms with Crippen LogP contribution >= 0.6 is 0 Å². The Kier molecular flexibility index (Phi) is 10.4. The number of aromatic nitrogens is 1. The lowest BCUT2D eigenvalue weighted by Crippen LogP contribution is -3.00. The van der Waals surface area contributed by atoms with E-state index in [1.54, 1.807) is 14.2 Å². The quantitative estimate of drug-likeness (QED) is 0.158. The maximum absolute atomic E-state index is 5.86. The van der Waals surface area contributed by atoms with E-state index < -0.39 is 0 Å². The number of methoxy groups -OCH3 is 2. The maximum Gasteiger partial charge on any atom is 0.231 e. The van der Waals surface area contributed by atoms with Gasteiger partial charge in [0.25, 0.3) is 0 Å². The highest BCUT2D eigenvalue weighted by Gasteiger charge is 2.32. The number of benzene rings is 2. The summed E-state index contributed by atoms with van der Waals surface area (Å²) in [5, 5.41) is 2.38. The molecular formula is C32H42INO4. The summed E-state index contributed by atoms with van der Waals surface area (Å²) in [6.45, 7) is 3.52. The Morgan fingerprint density at radius 3 is 2.18 bits per heavy atom. The van der Waals surface area contributed by atoms with Crippen LogP contribution in [0.2, 0.25) is 0 Å². The minimum Gasteiger partial charge on any atom is -1.00 e. The molecular weight excluding hydrogens is 589 g/mol. The number of unbranched alkanes of at least 4 members (excludes halogenated alkanes) is 9. The van der Waals surface area contributed by atoms with Gasteiger partial charge in [0.05, 0.1) is 25.2 Å². The van der Waals surface area contributed by atoms with Gasteiger partial charge in [-0.2, -0.15) is 4.57 Å². The lowest BCUT2D eigenvalue weighted by atomic mass is 9.89. The van der Waals surface area contributed by atoms with E-state index in [2.05, 4.69) is 35.9 Å². The number of hydrogen-bond donors (Lipinski definition) is 0. The molecule has 0 amide bonds. The second kappa shape index (κ2) is 13.7. The van der Waals surface area contributed by atoms with Crippen molar-refractivity contribution in [2.75, 3.05) is 21.0 Å². The smallest absolute Gasteiger partial charge is 0.231 e. The molecule has 0 atom stereocenters. The van der Waals surface area contributed by atoms with Crippen molar-refractivity contribution >= 4 is 10.8 Å². The zero-order chi connectivity index (χ0) is 25.6. The summed E-state index contributed by atoms with van der Waals surface area (Å²) in [7, 11) is 3.44. The average molecular weight is 632 g/mol. The average Bonchev–Trinajstić information content (AvgIpc) is 3.39. The van der Waals surface area contributed by atoms with E-state index in [9.17, 15) is 0 Å². The molecule has 206 valence electrons. The number of aryl methyl sites for hydroxylation is 3. The summed E-state index contributed by atoms with van der Waals surface area (Å²) in [6.07, 6.45) is 17.7. The number of nitrogens with zero attached hydrogens (tertiary/aromatic N) is 1. The number of fused-ring (bicyclic) bond motifs is 5. The zero-order valence-corrected chi connectivity index (χ0v) is 25.4. The van der Waals surface area contributed by atoms with Crippen molar-refractivity contribution in [2.45, 2.75) is 90.5 Å². The Labute approximate surface area is 244 Å². The van der Waals surface area contributed by atoms with E-state index >= 15 is 0 Å². The molecule has 0 spiro atoms. The van der Waals surface area contributed by atoms with E-state index in [0.717, 1.165) is 47.8 Å². The molecule has 0 aliphatic carbocycles. The predicted octanol–water partition coefficient (Wildman–Crippen LogP) is 4.56. The van der Waals surface area contributed by atoms with Crippen molar-refractivity contribution in [3.63, 3.8) is 0 Å². The predicted molar refractivity (Wildman–Crippen MR) is 148 cm³/mol. The summed E-state index contributed by atoms with van der Waals surface area (Å²) in [6, 6.07) is 8.63. The van der Waals surface area contributed by atoms with Crippen LogP contribution in [0.15, 0.2) is 30.5 Å². The second-order valence-electron chi connectivity index (χ2n) is 10.5. The summed E-state index contributed by atoms with van der Waals surface area (Å²) in [5.74, 6) is 3.32. The van der Waals surface area contributed by atoms with Gasteiger partial charge in [0.2, 0.25) is 12.5 Å². The monoisotopic (exact) mass is 631 g/mol. The first-order chi connectivity index (χ1) is 18.2. The van der Waals surface area contributed by atoms with Gasteiger partial charge < -0.3 is 42.9 Å². The molecule has 0 N–H and O–H groups in total. The lowest BCUT2D eigenvalue weighted by molar-refractivity contribution is -0.686. The summed E-state index contributed by atoms with van der Waals surface area (Å²) in [5.41, 5.74) is 5.33. The Balaban J connectivity index is 0.00000336. The molecule has 3 aromatic rings. The maximum atomic E-state index is 5.86. The summed E-state index contributed by atoms with van der Waals surface area (Å²) < 4.78 is 25.4. The molecule has 38 heavy (non-hydrogen) atoms. The van der Waals surface area contributed by atoms with Crippen LogP contribution in [-0.4, -0.2) is 21.0 Å². The van der Waals surface area contributed by atoms with E-state index in [0.29, 0.717) is 6.79 Å². The van der Waals surface area contributed by atoms with Crippen molar-refractivity contribution in [3.8, 4) is 34.3 Å². The summed E-state index contributed by atoms with van der Waals surface area (Å²) in [4.78, 5) is 0. The van der Waals surface area contributed by atoms with Gasteiger partial charge in [-0.1, -0.05) is 64.7 Å². The standard InChI is InChI=1S/C32H42NO4.HI/c1-4-5-6-7-8-9-10-11-12-13-14-25-24-15-16-28(34-2)32(35-3)27(24)21-33-18-17-23-19-29-30(37-22-36-29)20-26(23)31(25)33;/h15-16,19-21H,4-14,17-18,22H2,1-3H3;1H/q+1;/p-1. The van der Waals surface area contributed by atoms with Gasteiger partial charge in [-0.05, 0) is 42.7 Å². The minimum absolute atomic E-state index is 0. The van der Waals surface area contributed by atoms with Crippen molar-refractivity contribution in [3.05, 3.63) is 41.6 Å². The van der Waals surface area contributed by atoms with Crippen LogP contribution in [0.1, 0.15) is 82.3 Å². The number of pyridine rings is 1. The highest BCUT2D eigenvalue weighted by atomic mass is 127. The topological polar surface area (TPSA) is 40.8 Å². The van der Waals surface area contributed by atoms with Crippen LogP contribution in [0.4, 0.5) is 0 Å². The van der Waals surface area contributed by atoms with E-state index in [-0.39, 0.29) is 24.0 Å². The lowest BCUT2D eigenvalue weighted by Gasteiger charge is -2.21. The van der Waals surface area contributed by atoms with Crippen LogP contribution in [0.5, 0.6) is 23.0 Å². The number of rotatable bonds is 13. The molecule has 2 aromatic carbocycles. The molecule has 2 aliphatic heterocycles. The molecule has 5 rings (SSSR count). The first-order valence-corrected chi connectivity index (χ1v) is 14.3. The fourth-order valence-electron chi connectivity index (χ4n) is 6.05. The molecule has 0 bridgehead atoms. The van der Waals surface area contributed by atoms with Gasteiger partial charge in [-0.25, -0.2) is 0 Å². The number of ether oxygens (including phenoxy) is 4. The fourth-order valence-corrected chi connectivity index (χ4v) is 6.05. The van der Waals surface area contributed by atoms with Crippen molar-refractivity contribution in [1.29, 1.82) is 0 Å². The first kappa shape index (κ1) is 28.8. The van der Waals surface area contributed by atoms with Crippen LogP contribution in [0.3, 0.4) is 0 Å². The Hall–Kier alpha value is -2.22.